The van der Waals surface area contributed by atoms with Crippen LogP contribution in [0.4, 0.5) is 0 Å². The first-order valence-electron chi connectivity index (χ1n) is 6.01. The van der Waals surface area contributed by atoms with Gasteiger partial charge in [0.15, 0.2) is 0 Å². The summed E-state index contributed by atoms with van der Waals surface area (Å²) in [6, 6.07) is 11.6. The second-order valence-electron chi connectivity index (χ2n) is 4.02. The number of benzene rings is 1. The van der Waals surface area contributed by atoms with E-state index in [0.29, 0.717) is 13.0 Å². The fraction of sp³-hybridized carbons (Fsp3) is 0.286. The van der Waals surface area contributed by atoms with Crippen molar-refractivity contribution >= 4 is 5.97 Å². The molecule has 1 aromatic heterocycles. The Bertz CT molecular complexity index is 466. The Labute approximate surface area is 106 Å². The first kappa shape index (κ1) is 12.4. The molecule has 0 aliphatic carbocycles. The van der Waals surface area contributed by atoms with Crippen LogP contribution in [-0.4, -0.2) is 15.7 Å². The highest BCUT2D eigenvalue weighted by Gasteiger charge is 2.03. The largest absolute Gasteiger partial charge is 0.461 e. The van der Waals surface area contributed by atoms with Crippen LogP contribution < -0.4 is 0 Å². The van der Waals surface area contributed by atoms with Crippen molar-refractivity contribution in [1.82, 2.24) is 9.78 Å². The van der Waals surface area contributed by atoms with Gasteiger partial charge in [0.1, 0.15) is 6.61 Å². The van der Waals surface area contributed by atoms with Crippen LogP contribution in [0, 0.1) is 0 Å². The van der Waals surface area contributed by atoms with E-state index >= 15 is 0 Å². The summed E-state index contributed by atoms with van der Waals surface area (Å²) in [7, 11) is 0. The van der Waals surface area contributed by atoms with Gasteiger partial charge in [-0.05, 0) is 18.1 Å². The van der Waals surface area contributed by atoms with Crippen LogP contribution in [0.5, 0.6) is 0 Å². The van der Waals surface area contributed by atoms with Crippen molar-refractivity contribution < 1.29 is 9.53 Å². The van der Waals surface area contributed by atoms with Gasteiger partial charge >= 0.3 is 5.97 Å². The zero-order valence-electron chi connectivity index (χ0n) is 10.2. The molecule has 0 saturated heterocycles. The summed E-state index contributed by atoms with van der Waals surface area (Å²) in [6.07, 6.45) is 4.78. The van der Waals surface area contributed by atoms with Crippen molar-refractivity contribution in [2.75, 3.05) is 0 Å². The molecule has 94 valence electrons. The van der Waals surface area contributed by atoms with Crippen LogP contribution in [-0.2, 0) is 22.7 Å². The molecule has 4 nitrogen and oxygen atoms in total. The molecule has 1 heterocycles. The number of hydrogen-bond acceptors (Lipinski definition) is 3. The van der Waals surface area contributed by atoms with Crippen LogP contribution in [0.25, 0.3) is 0 Å². The first-order valence-corrected chi connectivity index (χ1v) is 6.01. The van der Waals surface area contributed by atoms with Crippen LogP contribution in [0.3, 0.4) is 0 Å². The van der Waals surface area contributed by atoms with E-state index in [0.717, 1.165) is 18.5 Å². The number of carbonyl (C=O) groups is 1. The van der Waals surface area contributed by atoms with E-state index in [9.17, 15) is 4.79 Å². The second kappa shape index (κ2) is 6.59. The number of aromatic nitrogens is 2. The molecule has 1 aromatic carbocycles. The van der Waals surface area contributed by atoms with Crippen LogP contribution in [0.15, 0.2) is 48.8 Å². The molecule has 0 radical (unpaired) electrons. The maximum Gasteiger partial charge on any atom is 0.306 e. The molecule has 0 aliphatic heterocycles. The monoisotopic (exact) mass is 244 g/mol. The molecule has 0 fully saturated rings. The highest BCUT2D eigenvalue weighted by atomic mass is 16.5. The molecule has 0 aliphatic rings. The molecule has 2 rings (SSSR count). The Morgan fingerprint density at radius 1 is 1.22 bits per heavy atom. The number of nitrogens with zero attached hydrogens (tertiary/aromatic N) is 2. The van der Waals surface area contributed by atoms with Gasteiger partial charge in [0.2, 0.25) is 0 Å². The zero-order valence-corrected chi connectivity index (χ0v) is 10.2. The van der Waals surface area contributed by atoms with E-state index in [1.165, 1.54) is 0 Å². The van der Waals surface area contributed by atoms with Crippen LogP contribution in [0.2, 0.25) is 0 Å². The van der Waals surface area contributed by atoms with Gasteiger partial charge < -0.3 is 4.74 Å². The van der Waals surface area contributed by atoms with Crippen molar-refractivity contribution in [3.8, 4) is 0 Å². The fourth-order valence-electron chi connectivity index (χ4n) is 1.63. The minimum absolute atomic E-state index is 0.161. The first-order chi connectivity index (χ1) is 8.84. The Morgan fingerprint density at radius 2 is 2.06 bits per heavy atom. The Kier molecular flexibility index (Phi) is 4.53. The molecule has 0 amide bonds. The third-order valence-electron chi connectivity index (χ3n) is 2.57. The van der Waals surface area contributed by atoms with E-state index in [-0.39, 0.29) is 5.97 Å². The minimum atomic E-state index is -0.161. The van der Waals surface area contributed by atoms with E-state index in [4.69, 9.17) is 4.74 Å². The van der Waals surface area contributed by atoms with E-state index < -0.39 is 0 Å². The lowest BCUT2D eigenvalue weighted by molar-refractivity contribution is -0.145. The second-order valence-corrected chi connectivity index (χ2v) is 4.02. The molecule has 0 unspecified atom stereocenters. The summed E-state index contributed by atoms with van der Waals surface area (Å²) in [4.78, 5) is 11.5. The highest BCUT2D eigenvalue weighted by Crippen LogP contribution is 2.03. The summed E-state index contributed by atoms with van der Waals surface area (Å²) in [5, 5.41) is 4.07. The summed E-state index contributed by atoms with van der Waals surface area (Å²) < 4.78 is 6.99. The molecular weight excluding hydrogens is 228 g/mol. The molecule has 0 spiro atoms. The molecule has 0 bridgehead atoms. The fourth-order valence-corrected chi connectivity index (χ4v) is 1.63. The molecule has 0 N–H and O–H groups in total. The normalized spacial score (nSPS) is 10.2. The third kappa shape index (κ3) is 4.05. The van der Waals surface area contributed by atoms with Crippen LogP contribution >= 0.6 is 0 Å². The van der Waals surface area contributed by atoms with Crippen molar-refractivity contribution in [1.29, 1.82) is 0 Å². The molecule has 4 heteroatoms. The number of esters is 1. The molecule has 0 atom stereocenters. The van der Waals surface area contributed by atoms with Gasteiger partial charge in [0.05, 0.1) is 0 Å². The SMILES string of the molecule is O=C(CCCn1cccn1)OCc1ccccc1. The summed E-state index contributed by atoms with van der Waals surface area (Å²) in [6.45, 7) is 1.09. The molecule has 2 aromatic rings. The number of rotatable bonds is 6. The predicted molar refractivity (Wildman–Crippen MR) is 67.7 cm³/mol. The summed E-state index contributed by atoms with van der Waals surface area (Å²) in [5.74, 6) is -0.161. The average Bonchev–Trinajstić information content (AvgIpc) is 2.91. The zero-order chi connectivity index (χ0) is 12.6. The molecular formula is C14H16N2O2. The van der Waals surface area contributed by atoms with E-state index in [1.807, 2.05) is 47.3 Å². The average molecular weight is 244 g/mol. The maximum atomic E-state index is 11.5. The molecule has 0 saturated carbocycles. The smallest absolute Gasteiger partial charge is 0.306 e. The van der Waals surface area contributed by atoms with Gasteiger partial charge in [-0.15, -0.1) is 0 Å². The highest BCUT2D eigenvalue weighted by molar-refractivity contribution is 5.69. The van der Waals surface area contributed by atoms with Crippen molar-refractivity contribution in [3.63, 3.8) is 0 Å². The van der Waals surface area contributed by atoms with Gasteiger partial charge in [0, 0.05) is 25.4 Å². The van der Waals surface area contributed by atoms with Gasteiger partial charge in [0.25, 0.3) is 0 Å². The van der Waals surface area contributed by atoms with Crippen molar-refractivity contribution in [2.45, 2.75) is 26.0 Å². The molecule has 18 heavy (non-hydrogen) atoms. The lowest BCUT2D eigenvalue weighted by Gasteiger charge is -2.05. The summed E-state index contributed by atoms with van der Waals surface area (Å²) in [5.41, 5.74) is 1.01. The summed E-state index contributed by atoms with van der Waals surface area (Å²) >= 11 is 0. The minimum Gasteiger partial charge on any atom is -0.461 e. The topological polar surface area (TPSA) is 44.1 Å². The lowest BCUT2D eigenvalue weighted by Crippen LogP contribution is -2.07. The van der Waals surface area contributed by atoms with E-state index in [2.05, 4.69) is 5.10 Å². The quantitative estimate of drug-likeness (QED) is 0.733. The van der Waals surface area contributed by atoms with Gasteiger partial charge in [-0.3, -0.25) is 9.48 Å². The van der Waals surface area contributed by atoms with E-state index in [1.54, 1.807) is 6.20 Å². The van der Waals surface area contributed by atoms with Crippen molar-refractivity contribution in [3.05, 3.63) is 54.4 Å². The van der Waals surface area contributed by atoms with Gasteiger partial charge in [-0.1, -0.05) is 30.3 Å². The lowest BCUT2D eigenvalue weighted by atomic mass is 10.2. The Morgan fingerprint density at radius 3 is 2.78 bits per heavy atom. The Hall–Kier alpha value is -2.10. The maximum absolute atomic E-state index is 11.5. The number of ether oxygens (including phenoxy) is 1. The predicted octanol–water partition coefficient (Wildman–Crippen LogP) is 2.41. The number of aryl methyl sites for hydroxylation is 1. The van der Waals surface area contributed by atoms with Crippen LogP contribution in [0.1, 0.15) is 18.4 Å². The van der Waals surface area contributed by atoms with Gasteiger partial charge in [-0.25, -0.2) is 0 Å². The van der Waals surface area contributed by atoms with Gasteiger partial charge in [-0.2, -0.15) is 5.10 Å². The Balaban J connectivity index is 1.63. The van der Waals surface area contributed by atoms with Crippen molar-refractivity contribution in [2.24, 2.45) is 0 Å². The third-order valence-corrected chi connectivity index (χ3v) is 2.57. The number of hydrogen-bond donors (Lipinski definition) is 0. The number of carbonyl (C=O) groups excluding carboxylic acids is 1. The standard InChI is InChI=1S/C14H16N2O2/c17-14(8-4-10-16-11-5-9-15-16)18-12-13-6-2-1-3-7-13/h1-3,5-7,9,11H,4,8,10,12H2.